The second-order valence-corrected chi connectivity index (χ2v) is 8.00. The lowest BCUT2D eigenvalue weighted by Crippen LogP contribution is -2.20. The highest BCUT2D eigenvalue weighted by Crippen LogP contribution is 2.31. The number of carbonyl (C=O) groups excluding carboxylic acids is 1. The van der Waals surface area contributed by atoms with Crippen LogP contribution in [0, 0.1) is 20.8 Å². The van der Waals surface area contributed by atoms with Gasteiger partial charge in [0.2, 0.25) is 0 Å². The van der Waals surface area contributed by atoms with E-state index in [0.29, 0.717) is 15.9 Å². The summed E-state index contributed by atoms with van der Waals surface area (Å²) < 4.78 is 10.9. The highest BCUT2D eigenvalue weighted by atomic mass is 35.5. The van der Waals surface area contributed by atoms with Crippen LogP contribution in [0.5, 0.6) is 11.5 Å². The first-order chi connectivity index (χ1) is 13.4. The smallest absolute Gasteiger partial charge is 0.264 e. The van der Waals surface area contributed by atoms with Crippen molar-refractivity contribution in [1.29, 1.82) is 0 Å². The zero-order valence-electron chi connectivity index (χ0n) is 16.1. The van der Waals surface area contributed by atoms with Crippen molar-refractivity contribution < 1.29 is 14.3 Å². The van der Waals surface area contributed by atoms with Crippen LogP contribution >= 0.6 is 22.9 Å². The predicted molar refractivity (Wildman–Crippen MR) is 114 cm³/mol. The van der Waals surface area contributed by atoms with Gasteiger partial charge in [-0.1, -0.05) is 11.6 Å². The van der Waals surface area contributed by atoms with Crippen molar-refractivity contribution in [1.82, 2.24) is 4.98 Å². The van der Waals surface area contributed by atoms with Crippen LogP contribution in [0.25, 0.3) is 11.3 Å². The van der Waals surface area contributed by atoms with E-state index in [1.54, 1.807) is 7.11 Å². The zero-order valence-corrected chi connectivity index (χ0v) is 17.7. The molecule has 0 fully saturated rings. The number of anilines is 1. The summed E-state index contributed by atoms with van der Waals surface area (Å²) in [6, 6.07) is 11.3. The molecule has 28 heavy (non-hydrogen) atoms. The van der Waals surface area contributed by atoms with E-state index < -0.39 is 0 Å². The Balaban J connectivity index is 1.66. The van der Waals surface area contributed by atoms with Gasteiger partial charge in [-0.2, -0.15) is 0 Å². The van der Waals surface area contributed by atoms with Crippen molar-refractivity contribution >= 4 is 34.0 Å². The number of aryl methyl sites for hydroxylation is 3. The van der Waals surface area contributed by atoms with Crippen LogP contribution in [-0.2, 0) is 4.79 Å². The molecule has 0 unspecified atom stereocenters. The van der Waals surface area contributed by atoms with Gasteiger partial charge in [0.1, 0.15) is 11.5 Å². The summed E-state index contributed by atoms with van der Waals surface area (Å²) in [4.78, 5) is 17.9. The largest absolute Gasteiger partial charge is 0.497 e. The van der Waals surface area contributed by atoms with Gasteiger partial charge < -0.3 is 9.47 Å². The van der Waals surface area contributed by atoms with Gasteiger partial charge in [0.15, 0.2) is 11.7 Å². The van der Waals surface area contributed by atoms with Crippen molar-refractivity contribution in [3.05, 3.63) is 57.4 Å². The number of benzene rings is 2. The van der Waals surface area contributed by atoms with Gasteiger partial charge in [0, 0.05) is 15.5 Å². The van der Waals surface area contributed by atoms with Crippen LogP contribution in [0.15, 0.2) is 36.4 Å². The highest BCUT2D eigenvalue weighted by molar-refractivity contribution is 7.16. The fraction of sp³-hybridized carbons (Fsp3) is 0.238. The predicted octanol–water partition coefficient (Wildman–Crippen LogP) is 5.41. The Morgan fingerprint density at radius 2 is 1.79 bits per heavy atom. The van der Waals surface area contributed by atoms with E-state index in [2.05, 4.69) is 10.3 Å². The Bertz CT molecular complexity index is 976. The number of thiazole rings is 1. The van der Waals surface area contributed by atoms with Crippen LogP contribution < -0.4 is 14.8 Å². The first-order valence-electron chi connectivity index (χ1n) is 8.68. The second-order valence-electron chi connectivity index (χ2n) is 6.36. The molecule has 2 aromatic carbocycles. The molecule has 0 aliphatic carbocycles. The molecule has 1 amide bonds. The lowest BCUT2D eigenvalue weighted by Gasteiger charge is -2.12. The zero-order chi connectivity index (χ0) is 20.3. The van der Waals surface area contributed by atoms with E-state index in [9.17, 15) is 4.79 Å². The molecule has 1 heterocycles. The molecule has 7 heteroatoms. The first-order valence-corrected chi connectivity index (χ1v) is 9.88. The topological polar surface area (TPSA) is 60.5 Å². The molecule has 146 valence electrons. The van der Waals surface area contributed by atoms with Crippen LogP contribution in [0.3, 0.4) is 0 Å². The fourth-order valence-electron chi connectivity index (χ4n) is 2.88. The van der Waals surface area contributed by atoms with E-state index >= 15 is 0 Å². The number of hydrogen-bond acceptors (Lipinski definition) is 5. The summed E-state index contributed by atoms with van der Waals surface area (Å²) in [5.74, 6) is 1.20. The molecule has 3 rings (SSSR count). The minimum Gasteiger partial charge on any atom is -0.497 e. The van der Waals surface area contributed by atoms with Gasteiger partial charge in [-0.25, -0.2) is 4.98 Å². The molecule has 0 aliphatic rings. The number of nitrogens with one attached hydrogen (secondary N) is 1. The molecule has 0 bridgehead atoms. The summed E-state index contributed by atoms with van der Waals surface area (Å²) in [5, 5.41) is 4.00. The molecule has 1 N–H and O–H groups in total. The van der Waals surface area contributed by atoms with Gasteiger partial charge >= 0.3 is 0 Å². The van der Waals surface area contributed by atoms with Crippen LogP contribution in [-0.4, -0.2) is 24.6 Å². The van der Waals surface area contributed by atoms with Crippen molar-refractivity contribution in [2.75, 3.05) is 19.0 Å². The normalized spacial score (nSPS) is 10.6. The number of rotatable bonds is 6. The summed E-state index contributed by atoms with van der Waals surface area (Å²) in [5.41, 5.74) is 3.60. The molecule has 0 radical (unpaired) electrons. The number of halogens is 1. The first kappa shape index (κ1) is 20.2. The number of aromatic nitrogens is 1. The third-order valence-corrected chi connectivity index (χ3v) is 5.28. The number of carbonyl (C=O) groups is 1. The summed E-state index contributed by atoms with van der Waals surface area (Å²) in [6.07, 6.45) is 0. The van der Waals surface area contributed by atoms with Crippen molar-refractivity contribution in [3.8, 4) is 22.8 Å². The van der Waals surface area contributed by atoms with Gasteiger partial charge in [-0.05, 0) is 68.3 Å². The Labute approximate surface area is 173 Å². The number of nitrogens with zero attached hydrogens (tertiary/aromatic N) is 1. The van der Waals surface area contributed by atoms with Crippen molar-refractivity contribution in [3.63, 3.8) is 0 Å². The minimum atomic E-state index is -0.260. The van der Waals surface area contributed by atoms with E-state index in [4.69, 9.17) is 21.1 Å². The highest BCUT2D eigenvalue weighted by Gasteiger charge is 2.14. The summed E-state index contributed by atoms with van der Waals surface area (Å²) in [6.45, 7) is 5.68. The van der Waals surface area contributed by atoms with Gasteiger partial charge in [-0.15, -0.1) is 11.3 Å². The monoisotopic (exact) mass is 416 g/mol. The Hall–Kier alpha value is -2.57. The quantitative estimate of drug-likeness (QED) is 0.583. The van der Waals surface area contributed by atoms with Gasteiger partial charge in [0.25, 0.3) is 5.91 Å². The van der Waals surface area contributed by atoms with E-state index in [0.717, 1.165) is 33.0 Å². The SMILES string of the molecule is COc1ccc(-c2nc(NC(=O)COc3c(C)cc(Cl)cc3C)sc2C)cc1. The summed E-state index contributed by atoms with van der Waals surface area (Å²) in [7, 11) is 1.63. The van der Waals surface area contributed by atoms with Crippen LogP contribution in [0.2, 0.25) is 5.02 Å². The molecule has 3 aromatic rings. The van der Waals surface area contributed by atoms with E-state index in [1.807, 2.05) is 57.2 Å². The Kier molecular flexibility index (Phi) is 6.21. The molecular weight excluding hydrogens is 396 g/mol. The number of ether oxygens (including phenoxy) is 2. The maximum absolute atomic E-state index is 12.3. The van der Waals surface area contributed by atoms with Gasteiger partial charge in [0.05, 0.1) is 12.8 Å². The maximum atomic E-state index is 12.3. The third-order valence-electron chi connectivity index (χ3n) is 4.18. The van der Waals surface area contributed by atoms with Crippen LogP contribution in [0.4, 0.5) is 5.13 Å². The number of methoxy groups -OCH3 is 1. The Morgan fingerprint density at radius 1 is 1.14 bits per heavy atom. The minimum absolute atomic E-state index is 0.0974. The van der Waals surface area contributed by atoms with Crippen LogP contribution in [0.1, 0.15) is 16.0 Å². The molecule has 0 saturated carbocycles. The second kappa shape index (κ2) is 8.63. The van der Waals surface area contributed by atoms with Crippen molar-refractivity contribution in [2.24, 2.45) is 0 Å². The molecule has 1 aromatic heterocycles. The average Bonchev–Trinajstić information content (AvgIpc) is 3.01. The molecule has 0 spiro atoms. The molecule has 0 saturated heterocycles. The standard InChI is InChI=1S/C21H21ClN2O3S/c1-12-9-16(22)10-13(2)20(12)27-11-18(25)23-21-24-19(14(3)28-21)15-5-7-17(26-4)8-6-15/h5-10H,11H2,1-4H3,(H,23,24,25). The number of hydrogen-bond donors (Lipinski definition) is 1. The average molecular weight is 417 g/mol. The fourth-order valence-corrected chi connectivity index (χ4v) is 4.06. The van der Waals surface area contributed by atoms with E-state index in [-0.39, 0.29) is 12.5 Å². The number of amides is 1. The summed E-state index contributed by atoms with van der Waals surface area (Å²) >= 11 is 7.46. The third kappa shape index (κ3) is 4.64. The lowest BCUT2D eigenvalue weighted by atomic mass is 10.1. The molecule has 0 atom stereocenters. The molecule has 5 nitrogen and oxygen atoms in total. The van der Waals surface area contributed by atoms with E-state index in [1.165, 1.54) is 11.3 Å². The van der Waals surface area contributed by atoms with Gasteiger partial charge in [-0.3, -0.25) is 10.1 Å². The Morgan fingerprint density at radius 3 is 2.39 bits per heavy atom. The molecular formula is C21H21ClN2O3S. The maximum Gasteiger partial charge on any atom is 0.264 e. The van der Waals surface area contributed by atoms with Crippen molar-refractivity contribution in [2.45, 2.75) is 20.8 Å². The molecule has 0 aliphatic heterocycles. The lowest BCUT2D eigenvalue weighted by molar-refractivity contribution is -0.118.